The normalized spacial score (nSPS) is 11.7. The van der Waals surface area contributed by atoms with Crippen molar-refractivity contribution in [2.45, 2.75) is 51.7 Å². The summed E-state index contributed by atoms with van der Waals surface area (Å²) in [7, 11) is 0. The van der Waals surface area contributed by atoms with Gasteiger partial charge in [0, 0.05) is 18.8 Å². The van der Waals surface area contributed by atoms with Crippen LogP contribution in [0.5, 0.6) is 23.0 Å². The molecule has 0 spiro atoms. The predicted octanol–water partition coefficient (Wildman–Crippen LogP) is 10.1. The number of benzene rings is 6. The van der Waals surface area contributed by atoms with Crippen LogP contribution in [0.4, 0.5) is 0 Å². The molecule has 0 radical (unpaired) electrons. The third kappa shape index (κ3) is 8.77. The average Bonchev–Trinajstić information content (AvgIpc) is 3.46. The van der Waals surface area contributed by atoms with Crippen LogP contribution in [0.25, 0.3) is 11.1 Å². The first-order chi connectivity index (χ1) is 25.5. The van der Waals surface area contributed by atoms with E-state index in [1.54, 1.807) is 0 Å². The van der Waals surface area contributed by atoms with Crippen molar-refractivity contribution in [2.75, 3.05) is 0 Å². The molecule has 0 aromatic heterocycles. The van der Waals surface area contributed by atoms with Crippen molar-refractivity contribution in [1.29, 1.82) is 0 Å². The van der Waals surface area contributed by atoms with Gasteiger partial charge in [0.2, 0.25) is 0 Å². The number of carbonyl (C=O) groups is 2. The molecule has 1 aliphatic rings. The molecule has 0 N–H and O–H groups in total. The number of hydrogen-bond donors (Lipinski definition) is 0. The van der Waals surface area contributed by atoms with Gasteiger partial charge in [-0.25, -0.2) is 0 Å². The van der Waals surface area contributed by atoms with Crippen molar-refractivity contribution >= 4 is 11.9 Å². The van der Waals surface area contributed by atoms with Crippen LogP contribution in [-0.4, -0.2) is 11.9 Å². The van der Waals surface area contributed by atoms with Crippen LogP contribution in [-0.2, 0) is 35.6 Å². The highest BCUT2D eigenvalue weighted by Gasteiger charge is 2.27. The van der Waals surface area contributed by atoms with Gasteiger partial charge in [-0.3, -0.25) is 9.59 Å². The third-order valence-corrected chi connectivity index (χ3v) is 9.31. The smallest absolute Gasteiger partial charge is 0.311 e. The van der Waals surface area contributed by atoms with Crippen LogP contribution in [0.2, 0.25) is 0 Å². The first kappa shape index (κ1) is 34.3. The number of carbonyl (C=O) groups excluding carboxylic acids is 2. The summed E-state index contributed by atoms with van der Waals surface area (Å²) in [5.74, 6) is 2.11. The lowest BCUT2D eigenvalue weighted by molar-refractivity contribution is -0.135. The Labute approximate surface area is 304 Å². The summed E-state index contributed by atoms with van der Waals surface area (Å²) in [5, 5.41) is 0. The standard InChI is InChI=1S/C46H40O6/c1-32-43-28-39(51-45(47)26-16-33-12-18-37(19-13-33)49-30-35-8-4-2-5-9-35)22-24-41(43)42-25-23-40(29-44(32)42)52-46(48)27-17-34-14-20-38(21-15-34)50-31-36-10-6-3-7-11-36/h2-15,18-25,28-29,32H,16-17,26-27,30-31H2,1H3. The van der Waals surface area contributed by atoms with Crippen LogP contribution in [0, 0.1) is 0 Å². The third-order valence-electron chi connectivity index (χ3n) is 9.31. The maximum absolute atomic E-state index is 12.8. The number of hydrogen-bond acceptors (Lipinski definition) is 6. The quantitative estimate of drug-likeness (QED) is 0.0838. The number of ether oxygens (including phenoxy) is 4. The molecule has 6 aromatic rings. The first-order valence-corrected chi connectivity index (χ1v) is 17.7. The lowest BCUT2D eigenvalue weighted by atomic mass is 9.99. The van der Waals surface area contributed by atoms with Crippen LogP contribution < -0.4 is 18.9 Å². The van der Waals surface area contributed by atoms with Gasteiger partial charge in [-0.05, 0) is 106 Å². The van der Waals surface area contributed by atoms with E-state index in [1.165, 1.54) is 0 Å². The molecule has 6 heteroatoms. The second-order valence-corrected chi connectivity index (χ2v) is 13.0. The monoisotopic (exact) mass is 688 g/mol. The molecule has 0 amide bonds. The number of esters is 2. The van der Waals surface area contributed by atoms with E-state index < -0.39 is 0 Å². The first-order valence-electron chi connectivity index (χ1n) is 17.7. The topological polar surface area (TPSA) is 71.1 Å². The lowest BCUT2D eigenvalue weighted by Gasteiger charge is -2.10. The second-order valence-electron chi connectivity index (χ2n) is 13.0. The molecule has 0 unspecified atom stereocenters. The van der Waals surface area contributed by atoms with Gasteiger partial charge in [0.05, 0.1) is 0 Å². The highest BCUT2D eigenvalue weighted by Crippen LogP contribution is 2.47. The fraction of sp³-hybridized carbons (Fsp3) is 0.174. The Morgan fingerprint density at radius 3 is 1.25 bits per heavy atom. The highest BCUT2D eigenvalue weighted by molar-refractivity contribution is 5.82. The summed E-state index contributed by atoms with van der Waals surface area (Å²) in [6.45, 7) is 3.13. The lowest BCUT2D eigenvalue weighted by Crippen LogP contribution is -2.09. The summed E-state index contributed by atoms with van der Waals surface area (Å²) < 4.78 is 23.3. The van der Waals surface area contributed by atoms with Crippen LogP contribution in [0.15, 0.2) is 146 Å². The molecule has 6 nitrogen and oxygen atoms in total. The van der Waals surface area contributed by atoms with Crippen LogP contribution in [0.3, 0.4) is 0 Å². The number of rotatable bonds is 14. The largest absolute Gasteiger partial charge is 0.489 e. The Hall–Kier alpha value is -6.14. The molecule has 0 heterocycles. The molecule has 6 aromatic carbocycles. The maximum atomic E-state index is 12.8. The molecule has 0 aliphatic heterocycles. The summed E-state index contributed by atoms with van der Waals surface area (Å²) >= 11 is 0. The SMILES string of the molecule is CC1c2cc(OC(=O)CCc3ccc(OCc4ccccc4)cc3)ccc2-c2ccc(OC(=O)CCc3ccc(OCc4ccccc4)cc3)cc21. The Bertz CT molecular complexity index is 1970. The van der Waals surface area contributed by atoms with E-state index in [2.05, 4.69) is 6.92 Å². The number of aryl methyl sites for hydroxylation is 2. The van der Waals surface area contributed by atoms with Crippen molar-refractivity contribution in [3.8, 4) is 34.1 Å². The van der Waals surface area contributed by atoms with Gasteiger partial charge in [0.15, 0.2) is 0 Å². The molecular weight excluding hydrogens is 648 g/mol. The van der Waals surface area contributed by atoms with Gasteiger partial charge in [0.1, 0.15) is 36.2 Å². The van der Waals surface area contributed by atoms with Crippen molar-refractivity contribution in [1.82, 2.24) is 0 Å². The van der Waals surface area contributed by atoms with Gasteiger partial charge in [-0.15, -0.1) is 0 Å². The summed E-state index contributed by atoms with van der Waals surface area (Å²) in [4.78, 5) is 25.6. The minimum absolute atomic E-state index is 0.0487. The Balaban J connectivity index is 0.873. The molecule has 0 saturated heterocycles. The van der Waals surface area contributed by atoms with E-state index in [4.69, 9.17) is 18.9 Å². The Morgan fingerprint density at radius 1 is 0.462 bits per heavy atom. The Morgan fingerprint density at radius 2 is 0.846 bits per heavy atom. The van der Waals surface area contributed by atoms with Crippen molar-refractivity contribution < 1.29 is 28.5 Å². The molecule has 0 atom stereocenters. The molecule has 260 valence electrons. The maximum Gasteiger partial charge on any atom is 0.311 e. The fourth-order valence-electron chi connectivity index (χ4n) is 6.43. The zero-order valence-electron chi connectivity index (χ0n) is 29.1. The van der Waals surface area contributed by atoms with E-state index in [0.717, 1.165) is 56.0 Å². The van der Waals surface area contributed by atoms with Crippen molar-refractivity contribution in [3.63, 3.8) is 0 Å². The van der Waals surface area contributed by atoms with E-state index >= 15 is 0 Å². The summed E-state index contributed by atoms with van der Waals surface area (Å²) in [6, 6.07) is 47.3. The summed E-state index contributed by atoms with van der Waals surface area (Å²) in [6.07, 6.45) is 1.67. The minimum Gasteiger partial charge on any atom is -0.489 e. The molecule has 52 heavy (non-hydrogen) atoms. The van der Waals surface area contributed by atoms with Gasteiger partial charge >= 0.3 is 11.9 Å². The Kier molecular flexibility index (Phi) is 10.7. The number of fused-ring (bicyclic) bond motifs is 3. The summed E-state index contributed by atoms with van der Waals surface area (Å²) in [5.41, 5.74) is 8.63. The van der Waals surface area contributed by atoms with Crippen LogP contribution in [0.1, 0.15) is 59.1 Å². The fourth-order valence-corrected chi connectivity index (χ4v) is 6.43. The molecule has 7 rings (SSSR count). The van der Waals surface area contributed by atoms with E-state index in [0.29, 0.717) is 37.6 Å². The van der Waals surface area contributed by atoms with Gasteiger partial charge < -0.3 is 18.9 Å². The zero-order valence-corrected chi connectivity index (χ0v) is 29.1. The van der Waals surface area contributed by atoms with E-state index in [-0.39, 0.29) is 30.7 Å². The van der Waals surface area contributed by atoms with Crippen molar-refractivity contribution in [2.24, 2.45) is 0 Å². The molecular formula is C46H40O6. The van der Waals surface area contributed by atoms with Gasteiger partial charge in [-0.1, -0.05) is 104 Å². The van der Waals surface area contributed by atoms with E-state index in [9.17, 15) is 9.59 Å². The highest BCUT2D eigenvalue weighted by atomic mass is 16.5. The second kappa shape index (κ2) is 16.3. The van der Waals surface area contributed by atoms with Gasteiger partial charge in [-0.2, -0.15) is 0 Å². The molecule has 0 saturated carbocycles. The molecule has 0 bridgehead atoms. The molecule has 0 fully saturated rings. The van der Waals surface area contributed by atoms with Crippen molar-refractivity contribution in [3.05, 3.63) is 179 Å². The van der Waals surface area contributed by atoms with Crippen LogP contribution >= 0.6 is 0 Å². The zero-order chi connectivity index (χ0) is 35.7. The van der Waals surface area contributed by atoms with Gasteiger partial charge in [0.25, 0.3) is 0 Å². The molecule has 1 aliphatic carbocycles. The average molecular weight is 689 g/mol. The minimum atomic E-state index is -0.283. The predicted molar refractivity (Wildman–Crippen MR) is 202 cm³/mol. The van der Waals surface area contributed by atoms with E-state index in [1.807, 2.05) is 146 Å².